The minimum Gasteiger partial charge on any atom is -0.445 e. The number of ether oxygens (including phenoxy) is 1. The number of hydrogen-bond acceptors (Lipinski definition) is 4. The van der Waals surface area contributed by atoms with Crippen molar-refractivity contribution in [3.8, 4) is 0 Å². The highest BCUT2D eigenvalue weighted by molar-refractivity contribution is 5.96. The van der Waals surface area contributed by atoms with Gasteiger partial charge in [-0.2, -0.15) is 13.2 Å². The Labute approximate surface area is 195 Å². The molecule has 2 aromatic carbocycles. The Kier molecular flexibility index (Phi) is 8.50. The van der Waals surface area contributed by atoms with Crippen LogP contribution in [0.4, 0.5) is 18.0 Å². The van der Waals surface area contributed by atoms with Crippen molar-refractivity contribution in [2.45, 2.75) is 50.6 Å². The summed E-state index contributed by atoms with van der Waals surface area (Å²) in [5.74, 6) is -1.23. The zero-order chi connectivity index (χ0) is 24.6. The van der Waals surface area contributed by atoms with Gasteiger partial charge in [0.15, 0.2) is 0 Å². The van der Waals surface area contributed by atoms with Crippen LogP contribution in [0, 0.1) is 0 Å². The Hall–Kier alpha value is -3.56. The van der Waals surface area contributed by atoms with Gasteiger partial charge in [0.25, 0.3) is 5.91 Å². The molecule has 3 rings (SSSR count). The second-order valence-corrected chi connectivity index (χ2v) is 8.10. The van der Waals surface area contributed by atoms with E-state index in [2.05, 4.69) is 16.0 Å². The minimum atomic E-state index is -4.56. The monoisotopic (exact) mass is 477 g/mol. The molecule has 7 nitrogen and oxygen atoms in total. The Morgan fingerprint density at radius 2 is 1.65 bits per heavy atom. The summed E-state index contributed by atoms with van der Waals surface area (Å²) in [6, 6.07) is 12.9. The fourth-order valence-electron chi connectivity index (χ4n) is 3.76. The summed E-state index contributed by atoms with van der Waals surface area (Å²) in [6.45, 7) is -0.214. The molecule has 0 aliphatic heterocycles. The number of alkyl halides is 3. The van der Waals surface area contributed by atoms with Gasteiger partial charge >= 0.3 is 12.3 Å². The lowest BCUT2D eigenvalue weighted by Gasteiger charge is -2.30. The Morgan fingerprint density at radius 3 is 2.35 bits per heavy atom. The standard InChI is InChI=1S/C24H26F3N3O4/c25-24(26,27)18-9-4-8-17(12-18)22(32)28-14-21(31)29-19-10-5-11-20(13-19)30-23(33)34-15-16-6-2-1-3-7-16/h1-4,6-9,12,19-20H,5,10-11,13-15H2,(H,28,32)(H,29,31)(H,30,33). The maximum absolute atomic E-state index is 12.8. The largest absolute Gasteiger partial charge is 0.445 e. The van der Waals surface area contributed by atoms with E-state index in [4.69, 9.17) is 4.74 Å². The lowest BCUT2D eigenvalue weighted by molar-refractivity contribution is -0.137. The highest BCUT2D eigenvalue weighted by Gasteiger charge is 2.31. The van der Waals surface area contributed by atoms with Crippen LogP contribution in [0.1, 0.15) is 47.2 Å². The molecule has 2 aromatic rings. The smallest absolute Gasteiger partial charge is 0.416 e. The predicted octanol–water partition coefficient (Wildman–Crippen LogP) is 3.79. The second kappa shape index (κ2) is 11.5. The number of rotatable bonds is 7. The van der Waals surface area contributed by atoms with E-state index in [1.807, 2.05) is 30.3 Å². The number of carbonyl (C=O) groups excluding carboxylic acids is 3. The lowest BCUT2D eigenvalue weighted by Crippen LogP contribution is -2.48. The van der Waals surface area contributed by atoms with Crippen LogP contribution in [-0.4, -0.2) is 36.5 Å². The summed E-state index contributed by atoms with van der Waals surface area (Å²) in [5.41, 5.74) is -0.246. The van der Waals surface area contributed by atoms with E-state index in [0.29, 0.717) is 12.8 Å². The minimum absolute atomic E-state index is 0.158. The van der Waals surface area contributed by atoms with Crippen molar-refractivity contribution < 1.29 is 32.3 Å². The number of amides is 3. The number of benzene rings is 2. The number of alkyl carbamates (subject to hydrolysis) is 1. The number of hydrogen-bond donors (Lipinski definition) is 3. The molecular formula is C24H26F3N3O4. The summed E-state index contributed by atoms with van der Waals surface area (Å²) in [7, 11) is 0. The third-order valence-electron chi connectivity index (χ3n) is 5.44. The quantitative estimate of drug-likeness (QED) is 0.565. The average Bonchev–Trinajstić information content (AvgIpc) is 2.81. The van der Waals surface area contributed by atoms with Gasteiger partial charge < -0.3 is 20.7 Å². The van der Waals surface area contributed by atoms with Crippen LogP contribution in [0.2, 0.25) is 0 Å². The average molecular weight is 477 g/mol. The molecule has 0 radical (unpaired) electrons. The first-order valence-electron chi connectivity index (χ1n) is 10.9. The Bertz CT molecular complexity index is 998. The molecule has 1 aliphatic rings. The molecule has 3 N–H and O–H groups in total. The van der Waals surface area contributed by atoms with E-state index in [0.717, 1.165) is 36.6 Å². The Morgan fingerprint density at radius 1 is 0.941 bits per heavy atom. The highest BCUT2D eigenvalue weighted by atomic mass is 19.4. The second-order valence-electron chi connectivity index (χ2n) is 8.10. The van der Waals surface area contributed by atoms with Crippen molar-refractivity contribution >= 4 is 17.9 Å². The van der Waals surface area contributed by atoms with Gasteiger partial charge in [0.05, 0.1) is 12.1 Å². The third-order valence-corrected chi connectivity index (χ3v) is 5.44. The van der Waals surface area contributed by atoms with Gasteiger partial charge in [-0.1, -0.05) is 36.4 Å². The molecule has 3 amide bonds. The molecule has 2 atom stereocenters. The van der Waals surface area contributed by atoms with Crippen molar-refractivity contribution in [3.63, 3.8) is 0 Å². The normalized spacial score (nSPS) is 18.0. The molecule has 182 valence electrons. The maximum Gasteiger partial charge on any atom is 0.416 e. The summed E-state index contributed by atoms with van der Waals surface area (Å²) in [6.07, 6.45) is -2.34. The van der Waals surface area contributed by atoms with E-state index in [9.17, 15) is 27.6 Å². The zero-order valence-electron chi connectivity index (χ0n) is 18.4. The first-order chi connectivity index (χ1) is 16.2. The summed E-state index contributed by atoms with van der Waals surface area (Å²) in [5, 5.41) is 7.94. The van der Waals surface area contributed by atoms with Gasteiger partial charge in [-0.3, -0.25) is 9.59 Å². The molecule has 1 aliphatic carbocycles. The Balaban J connectivity index is 1.40. The van der Waals surface area contributed by atoms with Crippen molar-refractivity contribution in [1.82, 2.24) is 16.0 Å². The third kappa shape index (κ3) is 7.79. The van der Waals surface area contributed by atoms with Crippen LogP contribution in [-0.2, 0) is 22.3 Å². The summed E-state index contributed by atoms with van der Waals surface area (Å²) >= 11 is 0. The van der Waals surface area contributed by atoms with Gasteiger partial charge in [0.1, 0.15) is 6.61 Å². The van der Waals surface area contributed by atoms with E-state index in [1.54, 1.807) is 0 Å². The van der Waals surface area contributed by atoms with E-state index in [1.165, 1.54) is 6.07 Å². The molecule has 1 fully saturated rings. The first-order valence-corrected chi connectivity index (χ1v) is 10.9. The molecular weight excluding hydrogens is 451 g/mol. The summed E-state index contributed by atoms with van der Waals surface area (Å²) in [4.78, 5) is 36.5. The van der Waals surface area contributed by atoms with Gasteiger partial charge in [-0.25, -0.2) is 4.79 Å². The zero-order valence-corrected chi connectivity index (χ0v) is 18.4. The van der Waals surface area contributed by atoms with Crippen molar-refractivity contribution in [2.75, 3.05) is 6.54 Å². The van der Waals surface area contributed by atoms with Crippen molar-refractivity contribution in [1.29, 1.82) is 0 Å². The number of nitrogens with one attached hydrogen (secondary N) is 3. The molecule has 0 saturated heterocycles. The molecule has 0 spiro atoms. The number of halogens is 3. The van der Waals surface area contributed by atoms with Crippen LogP contribution in [0.15, 0.2) is 54.6 Å². The van der Waals surface area contributed by atoms with Crippen molar-refractivity contribution in [3.05, 3.63) is 71.3 Å². The van der Waals surface area contributed by atoms with Gasteiger partial charge in [0.2, 0.25) is 5.91 Å². The summed E-state index contributed by atoms with van der Waals surface area (Å²) < 4.78 is 43.7. The molecule has 0 bridgehead atoms. The fraction of sp³-hybridized carbons (Fsp3) is 0.375. The molecule has 0 aromatic heterocycles. The molecule has 34 heavy (non-hydrogen) atoms. The van der Waals surface area contributed by atoms with Crippen LogP contribution < -0.4 is 16.0 Å². The molecule has 10 heteroatoms. The first kappa shape index (κ1) is 25.1. The van der Waals surface area contributed by atoms with E-state index >= 15 is 0 Å². The predicted molar refractivity (Wildman–Crippen MR) is 118 cm³/mol. The highest BCUT2D eigenvalue weighted by Crippen LogP contribution is 2.29. The van der Waals surface area contributed by atoms with Gasteiger partial charge in [-0.05, 0) is 49.4 Å². The lowest BCUT2D eigenvalue weighted by atomic mass is 9.91. The van der Waals surface area contributed by atoms with Gasteiger partial charge in [0, 0.05) is 17.6 Å². The van der Waals surface area contributed by atoms with Crippen LogP contribution in [0.5, 0.6) is 0 Å². The maximum atomic E-state index is 12.8. The number of carbonyl (C=O) groups is 3. The van der Waals surface area contributed by atoms with Crippen molar-refractivity contribution in [2.24, 2.45) is 0 Å². The topological polar surface area (TPSA) is 96.5 Å². The molecule has 1 saturated carbocycles. The van der Waals surface area contributed by atoms with E-state index < -0.39 is 29.6 Å². The molecule has 2 unspecified atom stereocenters. The van der Waals surface area contributed by atoms with Crippen LogP contribution in [0.25, 0.3) is 0 Å². The SMILES string of the molecule is O=C(CNC(=O)c1cccc(C(F)(F)F)c1)NC1CCCC(NC(=O)OCc2ccccc2)C1. The van der Waals surface area contributed by atoms with Gasteiger partial charge in [-0.15, -0.1) is 0 Å². The fourth-order valence-corrected chi connectivity index (χ4v) is 3.76. The molecule has 0 heterocycles. The van der Waals surface area contributed by atoms with Crippen LogP contribution in [0.3, 0.4) is 0 Å². The van der Waals surface area contributed by atoms with Crippen LogP contribution >= 0.6 is 0 Å². The van der Waals surface area contributed by atoms with E-state index in [-0.39, 0.29) is 30.8 Å².